The lowest BCUT2D eigenvalue weighted by atomic mass is 9.87. The molecule has 26 heavy (non-hydrogen) atoms. The molecule has 124 valence electrons. The van der Waals surface area contributed by atoms with Gasteiger partial charge in [0.05, 0.1) is 5.30 Å². The molecular formula is C24H17OP. The fourth-order valence-electron chi connectivity index (χ4n) is 3.33. The van der Waals surface area contributed by atoms with Crippen LogP contribution in [0.15, 0.2) is 103 Å². The van der Waals surface area contributed by atoms with E-state index in [9.17, 15) is 4.57 Å². The second kappa shape index (κ2) is 7.47. The molecule has 0 bridgehead atoms. The van der Waals surface area contributed by atoms with E-state index in [0.717, 1.165) is 38.7 Å². The Labute approximate surface area is 155 Å². The van der Waals surface area contributed by atoms with Crippen molar-refractivity contribution in [3.05, 3.63) is 103 Å². The van der Waals surface area contributed by atoms with Crippen LogP contribution in [0, 0.1) is 0 Å². The Balaban J connectivity index is 2.11. The Kier molecular flexibility index (Phi) is 4.73. The van der Waals surface area contributed by atoms with E-state index in [2.05, 4.69) is 42.5 Å². The fraction of sp³-hybridized carbons (Fsp3) is 0. The highest BCUT2D eigenvalue weighted by Gasteiger charge is 2.17. The van der Waals surface area contributed by atoms with Gasteiger partial charge in [-0.1, -0.05) is 97.1 Å². The maximum Gasteiger partial charge on any atom is 0.192 e. The highest BCUT2D eigenvalue weighted by Crippen LogP contribution is 2.40. The zero-order valence-electron chi connectivity index (χ0n) is 14.2. The van der Waals surface area contributed by atoms with Crippen LogP contribution in [0.25, 0.3) is 33.4 Å². The SMILES string of the molecule is O=Pc1ccc(-c2ccccc2)c(-c2ccccc2)c1-c1ccccc1. The smallest absolute Gasteiger partial charge is 0.192 e. The van der Waals surface area contributed by atoms with Crippen LogP contribution in [0.1, 0.15) is 0 Å². The van der Waals surface area contributed by atoms with E-state index in [1.54, 1.807) is 0 Å². The van der Waals surface area contributed by atoms with Crippen molar-refractivity contribution in [2.75, 3.05) is 0 Å². The Hall–Kier alpha value is -3.02. The third-order valence-electron chi connectivity index (χ3n) is 4.49. The van der Waals surface area contributed by atoms with Gasteiger partial charge in [-0.3, -0.25) is 4.57 Å². The van der Waals surface area contributed by atoms with Gasteiger partial charge in [0.15, 0.2) is 8.46 Å². The minimum Gasteiger partial charge on any atom is -0.269 e. The summed E-state index contributed by atoms with van der Waals surface area (Å²) in [6.45, 7) is 0. The van der Waals surface area contributed by atoms with Gasteiger partial charge in [0.1, 0.15) is 0 Å². The summed E-state index contributed by atoms with van der Waals surface area (Å²) in [4.78, 5) is 0. The van der Waals surface area contributed by atoms with Crippen molar-refractivity contribution in [1.29, 1.82) is 0 Å². The van der Waals surface area contributed by atoms with E-state index < -0.39 is 0 Å². The maximum absolute atomic E-state index is 11.9. The van der Waals surface area contributed by atoms with E-state index in [1.807, 2.05) is 60.7 Å². The standard InChI is InChI=1S/C24H17OP/c25-26-22-17-16-21(18-10-4-1-5-11-18)23(19-12-6-2-7-13-19)24(22)20-14-8-3-9-15-20/h1-17H. The second-order valence-electron chi connectivity index (χ2n) is 6.07. The molecule has 4 aromatic carbocycles. The molecule has 0 radical (unpaired) electrons. The molecule has 0 aromatic heterocycles. The topological polar surface area (TPSA) is 17.1 Å². The highest BCUT2D eigenvalue weighted by atomic mass is 31.1. The summed E-state index contributed by atoms with van der Waals surface area (Å²) < 4.78 is 11.9. The molecule has 4 aromatic rings. The minimum atomic E-state index is 0.0263. The largest absolute Gasteiger partial charge is 0.269 e. The first-order valence-corrected chi connectivity index (χ1v) is 9.36. The average molecular weight is 352 g/mol. The monoisotopic (exact) mass is 352 g/mol. The molecule has 0 aliphatic carbocycles. The molecule has 0 N–H and O–H groups in total. The summed E-state index contributed by atoms with van der Waals surface area (Å²) in [5, 5.41) is 0.801. The maximum atomic E-state index is 11.9. The molecule has 0 unspecified atom stereocenters. The second-order valence-corrected chi connectivity index (χ2v) is 6.74. The summed E-state index contributed by atoms with van der Waals surface area (Å²) >= 11 is 0. The zero-order chi connectivity index (χ0) is 17.8. The van der Waals surface area contributed by atoms with Crippen molar-refractivity contribution in [3.63, 3.8) is 0 Å². The van der Waals surface area contributed by atoms with Gasteiger partial charge in [-0.25, -0.2) is 0 Å². The van der Waals surface area contributed by atoms with Crippen molar-refractivity contribution in [2.24, 2.45) is 0 Å². The fourth-order valence-corrected chi connectivity index (χ4v) is 3.80. The van der Waals surface area contributed by atoms with Crippen LogP contribution < -0.4 is 5.30 Å². The molecule has 0 atom stereocenters. The van der Waals surface area contributed by atoms with Crippen LogP contribution in [0.5, 0.6) is 0 Å². The molecule has 0 heterocycles. The minimum absolute atomic E-state index is 0.0263. The molecule has 0 aliphatic heterocycles. The van der Waals surface area contributed by atoms with Crippen molar-refractivity contribution < 1.29 is 4.57 Å². The van der Waals surface area contributed by atoms with Crippen molar-refractivity contribution in [3.8, 4) is 33.4 Å². The molecule has 4 rings (SSSR count). The molecule has 0 saturated heterocycles. The summed E-state index contributed by atoms with van der Waals surface area (Å²) in [7, 11) is 0.0263. The van der Waals surface area contributed by atoms with Crippen LogP contribution in [0.2, 0.25) is 0 Å². The van der Waals surface area contributed by atoms with Gasteiger partial charge in [-0.2, -0.15) is 0 Å². The third-order valence-corrected chi connectivity index (χ3v) is 5.06. The third kappa shape index (κ3) is 3.10. The van der Waals surface area contributed by atoms with Gasteiger partial charge in [0.25, 0.3) is 0 Å². The van der Waals surface area contributed by atoms with E-state index in [0.29, 0.717) is 0 Å². The number of rotatable bonds is 4. The summed E-state index contributed by atoms with van der Waals surface area (Å²) in [6.07, 6.45) is 0. The van der Waals surface area contributed by atoms with Crippen LogP contribution >= 0.6 is 8.46 Å². The lowest BCUT2D eigenvalue weighted by Crippen LogP contribution is -2.02. The molecule has 0 amide bonds. The van der Waals surface area contributed by atoms with Crippen molar-refractivity contribution in [1.82, 2.24) is 0 Å². The predicted octanol–water partition coefficient (Wildman–Crippen LogP) is 6.60. The molecule has 2 heteroatoms. The van der Waals surface area contributed by atoms with Gasteiger partial charge < -0.3 is 0 Å². The van der Waals surface area contributed by atoms with Gasteiger partial charge >= 0.3 is 0 Å². The van der Waals surface area contributed by atoms with Crippen molar-refractivity contribution in [2.45, 2.75) is 0 Å². The summed E-state index contributed by atoms with van der Waals surface area (Å²) in [5.41, 5.74) is 6.62. The van der Waals surface area contributed by atoms with Gasteiger partial charge in [0, 0.05) is 5.56 Å². The quantitative estimate of drug-likeness (QED) is 0.378. The predicted molar refractivity (Wildman–Crippen MR) is 110 cm³/mol. The summed E-state index contributed by atoms with van der Waals surface area (Å²) in [6, 6.07) is 34.9. The first-order valence-electron chi connectivity index (χ1n) is 8.55. The van der Waals surface area contributed by atoms with E-state index in [4.69, 9.17) is 0 Å². The van der Waals surface area contributed by atoms with E-state index >= 15 is 0 Å². The first kappa shape index (κ1) is 16.4. The number of hydrogen-bond donors (Lipinski definition) is 0. The lowest BCUT2D eigenvalue weighted by molar-refractivity contribution is 0.603. The Morgan fingerprint density at radius 1 is 0.462 bits per heavy atom. The van der Waals surface area contributed by atoms with Gasteiger partial charge in [0.2, 0.25) is 0 Å². The number of hydrogen-bond acceptors (Lipinski definition) is 1. The van der Waals surface area contributed by atoms with Crippen LogP contribution in [0.4, 0.5) is 0 Å². The molecular weight excluding hydrogens is 335 g/mol. The van der Waals surface area contributed by atoms with Crippen LogP contribution in [-0.2, 0) is 4.57 Å². The Morgan fingerprint density at radius 2 is 0.923 bits per heavy atom. The molecule has 1 nitrogen and oxygen atoms in total. The van der Waals surface area contributed by atoms with Gasteiger partial charge in [-0.05, 0) is 33.9 Å². The number of benzene rings is 4. The normalized spacial score (nSPS) is 10.8. The van der Waals surface area contributed by atoms with E-state index in [-0.39, 0.29) is 8.46 Å². The molecule has 0 aliphatic rings. The first-order chi connectivity index (χ1) is 12.9. The molecule has 0 fully saturated rings. The van der Waals surface area contributed by atoms with Crippen molar-refractivity contribution >= 4 is 13.8 Å². The lowest BCUT2D eigenvalue weighted by Gasteiger charge is -2.18. The summed E-state index contributed by atoms with van der Waals surface area (Å²) in [5.74, 6) is 0. The zero-order valence-corrected chi connectivity index (χ0v) is 15.1. The molecule has 0 spiro atoms. The van der Waals surface area contributed by atoms with Crippen LogP contribution in [0.3, 0.4) is 0 Å². The average Bonchev–Trinajstić information content (AvgIpc) is 2.74. The van der Waals surface area contributed by atoms with E-state index in [1.165, 1.54) is 0 Å². The molecule has 0 saturated carbocycles. The van der Waals surface area contributed by atoms with Gasteiger partial charge in [-0.15, -0.1) is 0 Å². The Morgan fingerprint density at radius 3 is 1.42 bits per heavy atom. The highest BCUT2D eigenvalue weighted by molar-refractivity contribution is 7.34. The Bertz CT molecular complexity index is 1030. The van der Waals surface area contributed by atoms with Crippen LogP contribution in [-0.4, -0.2) is 0 Å².